The number of aliphatic hydroxyl groups is 1. The van der Waals surface area contributed by atoms with Gasteiger partial charge in [-0.1, -0.05) is 17.5 Å². The summed E-state index contributed by atoms with van der Waals surface area (Å²) in [6, 6.07) is 0. The molecule has 17 nitrogen and oxygen atoms in total. The van der Waals surface area contributed by atoms with Crippen LogP contribution in [0.15, 0.2) is 11.0 Å². The summed E-state index contributed by atoms with van der Waals surface area (Å²) in [6.45, 7) is 1.69. The topological polar surface area (TPSA) is 266 Å². The molecule has 0 aromatic carbocycles. The lowest BCUT2D eigenvalue weighted by Gasteiger charge is -2.29. The first-order chi connectivity index (χ1) is 17.3. The van der Waals surface area contributed by atoms with Crippen LogP contribution in [0.4, 0.5) is 10.3 Å². The van der Waals surface area contributed by atoms with Crippen LogP contribution in [0.5, 0.6) is 0 Å². The van der Waals surface area contributed by atoms with Crippen molar-refractivity contribution >= 4 is 52.1 Å². The second-order valence-corrected chi connectivity index (χ2v) is 12.8. The number of ether oxygens (including phenoxy) is 1. The van der Waals surface area contributed by atoms with Crippen LogP contribution >= 0.6 is 35.1 Å². The maximum Gasteiger partial charge on any atom is 0.490 e. The number of rotatable bonds is 9. The van der Waals surface area contributed by atoms with Crippen molar-refractivity contribution in [1.29, 1.82) is 0 Å². The largest absolute Gasteiger partial charge is 0.490 e. The normalized spacial score (nSPS) is 27.9. The summed E-state index contributed by atoms with van der Waals surface area (Å²) in [6.07, 6.45) is -3.79. The third kappa shape index (κ3) is 6.38. The molecule has 3 rings (SSSR count). The van der Waals surface area contributed by atoms with E-state index in [2.05, 4.69) is 30.4 Å². The number of phosphoric ester groups is 1. The lowest BCUT2D eigenvalue weighted by atomic mass is 9.87. The van der Waals surface area contributed by atoms with E-state index in [4.69, 9.17) is 36.4 Å². The number of nitrogens with zero attached hydrogens (tertiary/aromatic N) is 2. The van der Waals surface area contributed by atoms with Gasteiger partial charge < -0.3 is 35.2 Å². The van der Waals surface area contributed by atoms with Crippen molar-refractivity contribution in [2.45, 2.75) is 37.2 Å². The number of phosphoric acid groups is 3. The number of anilines is 1. The molecular weight excluding hydrogens is 604 g/mol. The lowest BCUT2D eigenvalue weighted by molar-refractivity contribution is -0.0641. The van der Waals surface area contributed by atoms with Crippen molar-refractivity contribution in [2.75, 3.05) is 12.3 Å². The van der Waals surface area contributed by atoms with Crippen LogP contribution in [0.25, 0.3) is 11.0 Å². The van der Waals surface area contributed by atoms with Gasteiger partial charge in [0.25, 0.3) is 5.56 Å². The zero-order valence-electron chi connectivity index (χ0n) is 19.2. The average molecular weight is 625 g/mol. The van der Waals surface area contributed by atoms with Crippen molar-refractivity contribution in [3.05, 3.63) is 22.4 Å². The Bertz CT molecular complexity index is 1500. The van der Waals surface area contributed by atoms with Gasteiger partial charge in [0, 0.05) is 12.1 Å². The number of nitrogens with one attached hydrogen (secondary N) is 1. The first-order valence-corrected chi connectivity index (χ1v) is 15.0. The minimum atomic E-state index is -5.81. The van der Waals surface area contributed by atoms with Gasteiger partial charge in [0.1, 0.15) is 5.39 Å². The predicted molar refractivity (Wildman–Crippen MR) is 126 cm³/mol. The standard InChI is InChI=1S/C16H21ClFN4O13P3/c1-3-4-16(17)8(6-23)11(7(2)33-37(28,29)35-38(30,31)34-36(25,26)27)32-14(16)22-5-9(18)10-12(22)20-15(19)21-13(10)24/h5,7-8,11,14,23H,6H2,1-2H3,(H,28,29)(H,30,31)(H2,25,26,27)(H3,19,20,21,24)/t7-,8?,11+,14+,16?/m0/s1. The number of halogens is 2. The van der Waals surface area contributed by atoms with Gasteiger partial charge in [-0.25, -0.2) is 18.1 Å². The Labute approximate surface area is 217 Å². The summed E-state index contributed by atoms with van der Waals surface area (Å²) in [5.41, 5.74) is 4.35. The van der Waals surface area contributed by atoms with Crippen LogP contribution in [-0.2, 0) is 31.6 Å². The second kappa shape index (κ2) is 10.7. The van der Waals surface area contributed by atoms with Gasteiger partial charge in [-0.15, -0.1) is 5.92 Å². The number of aromatic amines is 1. The summed E-state index contributed by atoms with van der Waals surface area (Å²) in [4.78, 5) is 52.9. The Hall–Kier alpha value is -1.67. The molecule has 2 aromatic rings. The van der Waals surface area contributed by atoms with E-state index in [9.17, 15) is 37.8 Å². The summed E-state index contributed by atoms with van der Waals surface area (Å²) in [7, 11) is -17.0. The van der Waals surface area contributed by atoms with Crippen LogP contribution in [0.1, 0.15) is 20.1 Å². The van der Waals surface area contributed by atoms with E-state index in [0.29, 0.717) is 0 Å². The molecule has 1 aliphatic heterocycles. The molecule has 3 heterocycles. The summed E-state index contributed by atoms with van der Waals surface area (Å²) < 4.78 is 68.5. The molecule has 1 aliphatic rings. The number of aromatic nitrogens is 3. The highest BCUT2D eigenvalue weighted by Crippen LogP contribution is 2.67. The highest BCUT2D eigenvalue weighted by atomic mass is 35.5. The van der Waals surface area contributed by atoms with E-state index in [0.717, 1.165) is 17.7 Å². The molecular formula is C16H21ClFN4O13P3. The van der Waals surface area contributed by atoms with Crippen molar-refractivity contribution in [3.63, 3.8) is 0 Å². The fourth-order valence-corrected chi connectivity index (χ4v) is 7.57. The third-order valence-corrected chi connectivity index (χ3v) is 9.67. The summed E-state index contributed by atoms with van der Waals surface area (Å²) >= 11 is 6.76. The number of aliphatic hydroxyl groups excluding tert-OH is 1. The number of nitrogen functional groups attached to an aromatic ring is 1. The van der Waals surface area contributed by atoms with Crippen LogP contribution in [-0.4, -0.2) is 62.9 Å². The minimum Gasteiger partial charge on any atom is -0.396 e. The maximum absolute atomic E-state index is 14.7. The first-order valence-electron chi connectivity index (χ1n) is 10.1. The summed E-state index contributed by atoms with van der Waals surface area (Å²) in [5, 5.41) is 9.61. The molecule has 38 heavy (non-hydrogen) atoms. The molecule has 2 aromatic heterocycles. The Morgan fingerprint density at radius 2 is 1.95 bits per heavy atom. The average Bonchev–Trinajstić information content (AvgIpc) is 3.18. The summed E-state index contributed by atoms with van der Waals surface area (Å²) in [5.74, 6) is 2.47. The molecule has 7 atom stereocenters. The minimum absolute atomic E-state index is 0.311. The number of nitrogens with two attached hydrogens (primary N) is 1. The van der Waals surface area contributed by atoms with E-state index in [1.807, 2.05) is 0 Å². The van der Waals surface area contributed by atoms with Crippen LogP contribution in [0.3, 0.4) is 0 Å². The van der Waals surface area contributed by atoms with Crippen molar-refractivity contribution < 1.29 is 60.6 Å². The predicted octanol–water partition coefficient (Wildman–Crippen LogP) is 0.684. The fourth-order valence-electron chi connectivity index (χ4n) is 3.93. The fraction of sp³-hybridized carbons (Fsp3) is 0.500. The number of alkyl halides is 1. The Kier molecular flexibility index (Phi) is 8.71. The van der Waals surface area contributed by atoms with Crippen LogP contribution in [0.2, 0.25) is 0 Å². The van der Waals surface area contributed by atoms with Gasteiger partial charge in [0.2, 0.25) is 5.95 Å². The third-order valence-electron chi connectivity index (χ3n) is 5.18. The zero-order valence-corrected chi connectivity index (χ0v) is 22.6. The molecule has 8 N–H and O–H groups in total. The quantitative estimate of drug-likeness (QED) is 0.115. The molecule has 1 fully saturated rings. The molecule has 0 amide bonds. The molecule has 0 saturated carbocycles. The van der Waals surface area contributed by atoms with Gasteiger partial charge >= 0.3 is 23.5 Å². The highest BCUT2D eigenvalue weighted by Gasteiger charge is 2.58. The monoisotopic (exact) mass is 624 g/mol. The maximum atomic E-state index is 14.7. The smallest absolute Gasteiger partial charge is 0.396 e. The molecule has 4 unspecified atom stereocenters. The highest BCUT2D eigenvalue weighted by molar-refractivity contribution is 7.66. The van der Waals surface area contributed by atoms with Gasteiger partial charge in [0.05, 0.1) is 18.8 Å². The van der Waals surface area contributed by atoms with Crippen molar-refractivity contribution in [3.8, 4) is 11.8 Å². The number of hydrogen-bond acceptors (Lipinski definition) is 11. The lowest BCUT2D eigenvalue weighted by Crippen LogP contribution is -2.41. The van der Waals surface area contributed by atoms with Crippen molar-refractivity contribution in [1.82, 2.24) is 14.5 Å². The van der Waals surface area contributed by atoms with E-state index in [1.165, 1.54) is 6.92 Å². The van der Waals surface area contributed by atoms with Gasteiger partial charge in [0.15, 0.2) is 22.6 Å². The van der Waals surface area contributed by atoms with Gasteiger partial charge in [-0.3, -0.25) is 18.9 Å². The van der Waals surface area contributed by atoms with E-state index < -0.39 is 76.1 Å². The Balaban J connectivity index is 2.01. The molecule has 0 radical (unpaired) electrons. The number of hydrogen-bond donors (Lipinski definition) is 7. The van der Waals surface area contributed by atoms with Crippen LogP contribution < -0.4 is 11.3 Å². The Morgan fingerprint density at radius 1 is 1.32 bits per heavy atom. The molecule has 1 saturated heterocycles. The molecule has 0 spiro atoms. The molecule has 0 bridgehead atoms. The second-order valence-electron chi connectivity index (χ2n) is 7.82. The molecule has 212 valence electrons. The van der Waals surface area contributed by atoms with E-state index in [-0.39, 0.29) is 11.6 Å². The van der Waals surface area contributed by atoms with Crippen molar-refractivity contribution in [2.24, 2.45) is 5.92 Å². The van der Waals surface area contributed by atoms with Gasteiger partial charge in [-0.05, 0) is 13.8 Å². The zero-order chi connectivity index (χ0) is 28.8. The Morgan fingerprint density at radius 3 is 2.50 bits per heavy atom. The number of fused-ring (bicyclic) bond motifs is 1. The van der Waals surface area contributed by atoms with E-state index in [1.54, 1.807) is 0 Å². The SMILES string of the molecule is CC#CC1(Cl)C(CO)[C@@H]([C@H](C)OP(=O)(O)OP(=O)(O)OP(=O)(O)O)O[C@H]1n1cc(F)c2c(=O)[nH]c(N)nc21. The first kappa shape index (κ1) is 30.9. The number of H-pyrrole nitrogens is 1. The van der Waals surface area contributed by atoms with Crippen LogP contribution in [0, 0.1) is 23.6 Å². The van der Waals surface area contributed by atoms with Gasteiger partial charge in [-0.2, -0.15) is 13.6 Å². The van der Waals surface area contributed by atoms with E-state index >= 15 is 0 Å². The molecule has 0 aliphatic carbocycles. The molecule has 22 heteroatoms.